The molecule has 9 rings (SSSR count). The van der Waals surface area contributed by atoms with Crippen LogP contribution in [0.25, 0.3) is 66.1 Å². The molecule has 0 saturated carbocycles. The largest absolute Gasteiger partial charge is 0.279 e. The van der Waals surface area contributed by atoms with E-state index in [1.54, 1.807) is 12.4 Å². The van der Waals surface area contributed by atoms with Crippen molar-refractivity contribution in [2.45, 2.75) is 0 Å². The lowest BCUT2D eigenvalue weighted by molar-refractivity contribution is 1.08. The Balaban J connectivity index is 1.32. The predicted molar refractivity (Wildman–Crippen MR) is 195 cm³/mol. The Hall–Kier alpha value is -6.00. The minimum Gasteiger partial charge on any atom is -0.279 e. The van der Waals surface area contributed by atoms with E-state index >= 15 is 0 Å². The third-order valence-corrected chi connectivity index (χ3v) is 9.18. The van der Waals surface area contributed by atoms with Crippen LogP contribution in [0.15, 0.2) is 158 Å². The fraction of sp³-hybridized carbons (Fsp3) is 0. The highest BCUT2D eigenvalue weighted by molar-refractivity contribution is 6.32. The first-order chi connectivity index (χ1) is 22.8. The lowest BCUT2D eigenvalue weighted by atomic mass is 9.82. The van der Waals surface area contributed by atoms with Gasteiger partial charge < -0.3 is 0 Å². The molecule has 0 saturated heterocycles. The van der Waals surface area contributed by atoms with E-state index in [9.17, 15) is 0 Å². The highest BCUT2D eigenvalue weighted by Gasteiger charge is 2.30. The van der Waals surface area contributed by atoms with Gasteiger partial charge in [-0.25, -0.2) is 9.97 Å². The molecule has 0 atom stereocenters. The summed E-state index contributed by atoms with van der Waals surface area (Å²) >= 11 is 0. The van der Waals surface area contributed by atoms with E-state index in [4.69, 9.17) is 0 Å². The van der Waals surface area contributed by atoms with Crippen LogP contribution in [0, 0.1) is 0 Å². The highest BCUT2D eigenvalue weighted by Crippen LogP contribution is 2.57. The molecule has 0 N–H and O–H groups in total. The second-order valence-electron chi connectivity index (χ2n) is 11.9. The van der Waals surface area contributed by atoms with Crippen molar-refractivity contribution < 1.29 is 0 Å². The molecular weight excluding hydrogens is 557 g/mol. The summed E-state index contributed by atoms with van der Waals surface area (Å²) in [5.74, 6) is 0.636. The highest BCUT2D eigenvalue weighted by atomic mass is 15.3. The quantitative estimate of drug-likeness (QED) is 0.189. The van der Waals surface area contributed by atoms with E-state index in [1.165, 1.54) is 71.5 Å². The second kappa shape index (κ2) is 10.6. The third-order valence-electron chi connectivity index (χ3n) is 9.18. The van der Waals surface area contributed by atoms with Gasteiger partial charge in [0.25, 0.3) is 0 Å². The zero-order chi connectivity index (χ0) is 30.6. The van der Waals surface area contributed by atoms with Gasteiger partial charge in [-0.15, -0.1) is 0 Å². The average Bonchev–Trinajstić information content (AvgIpc) is 3.44. The molecule has 4 heteroatoms. The number of aromatic nitrogens is 2. The number of hydrogen-bond acceptors (Lipinski definition) is 3. The first-order valence-corrected chi connectivity index (χ1v) is 15.7. The number of anilines is 3. The fourth-order valence-corrected chi connectivity index (χ4v) is 7.20. The monoisotopic (exact) mass is 585 g/mol. The van der Waals surface area contributed by atoms with E-state index < -0.39 is 0 Å². The van der Waals surface area contributed by atoms with Gasteiger partial charge in [-0.3, -0.25) is 4.90 Å². The van der Waals surface area contributed by atoms with Gasteiger partial charge in [0.05, 0.1) is 0 Å². The first kappa shape index (κ1) is 26.4. The molecule has 0 fully saturated rings. The molecule has 1 aliphatic carbocycles. The van der Waals surface area contributed by atoms with Crippen LogP contribution in [0.4, 0.5) is 17.3 Å². The smallest absolute Gasteiger partial charge is 0.234 e. The van der Waals surface area contributed by atoms with Gasteiger partial charge in [-0.05, 0) is 96.4 Å². The number of benzene rings is 7. The molecule has 46 heavy (non-hydrogen) atoms. The molecule has 0 aliphatic heterocycles. The normalized spacial score (nSPS) is 11.6. The summed E-state index contributed by atoms with van der Waals surface area (Å²) in [7, 11) is 2.15. The van der Waals surface area contributed by atoms with Crippen LogP contribution < -0.4 is 10.4 Å². The number of fused-ring (bicyclic) bond motifs is 4. The SMILES string of the molecule is Bc1ccc(-c2c3c(c(-c4ccc(N(c5ccccc5)c5ncccn5)cc4)c4ccccc24)-c2cccc4cccc-3c24)cc1. The lowest BCUT2D eigenvalue weighted by Gasteiger charge is -2.24. The molecule has 0 bridgehead atoms. The van der Waals surface area contributed by atoms with Gasteiger partial charge in [-0.1, -0.05) is 121 Å². The predicted octanol–water partition coefficient (Wildman–Crippen LogP) is 9.49. The molecular formula is C42H28BN3. The summed E-state index contributed by atoms with van der Waals surface area (Å²) in [4.78, 5) is 11.3. The summed E-state index contributed by atoms with van der Waals surface area (Å²) in [6, 6.07) is 52.4. The van der Waals surface area contributed by atoms with Gasteiger partial charge in [0.1, 0.15) is 7.85 Å². The van der Waals surface area contributed by atoms with E-state index in [-0.39, 0.29) is 0 Å². The van der Waals surface area contributed by atoms with Crippen LogP contribution in [0.2, 0.25) is 0 Å². The molecule has 214 valence electrons. The van der Waals surface area contributed by atoms with Crippen LogP contribution in [-0.4, -0.2) is 17.8 Å². The van der Waals surface area contributed by atoms with Crippen LogP contribution in [-0.2, 0) is 0 Å². The molecule has 0 amide bonds. The van der Waals surface area contributed by atoms with Crippen molar-refractivity contribution in [2.75, 3.05) is 4.90 Å². The molecule has 7 aromatic carbocycles. The molecule has 1 aromatic heterocycles. The molecule has 1 aliphatic rings. The van der Waals surface area contributed by atoms with E-state index in [0.29, 0.717) is 5.95 Å². The maximum atomic E-state index is 4.60. The number of para-hydroxylation sites is 1. The zero-order valence-electron chi connectivity index (χ0n) is 25.4. The number of rotatable bonds is 5. The van der Waals surface area contributed by atoms with Crippen molar-refractivity contribution in [1.29, 1.82) is 0 Å². The van der Waals surface area contributed by atoms with Crippen molar-refractivity contribution >= 4 is 52.2 Å². The molecule has 0 unspecified atom stereocenters. The summed E-state index contributed by atoms with van der Waals surface area (Å²) in [5, 5.41) is 5.11. The third kappa shape index (κ3) is 4.08. The zero-order valence-corrected chi connectivity index (χ0v) is 25.4. The van der Waals surface area contributed by atoms with Crippen molar-refractivity contribution in [2.24, 2.45) is 0 Å². The van der Waals surface area contributed by atoms with Crippen molar-refractivity contribution in [3.8, 4) is 44.5 Å². The van der Waals surface area contributed by atoms with Gasteiger partial charge >= 0.3 is 0 Å². The molecule has 0 spiro atoms. The summed E-state index contributed by atoms with van der Waals surface area (Å²) in [5.41, 5.74) is 13.5. The van der Waals surface area contributed by atoms with Crippen LogP contribution in [0.3, 0.4) is 0 Å². The van der Waals surface area contributed by atoms with E-state index in [2.05, 4.69) is 144 Å². The second-order valence-corrected chi connectivity index (χ2v) is 11.9. The van der Waals surface area contributed by atoms with Crippen molar-refractivity contribution in [3.05, 3.63) is 158 Å². The topological polar surface area (TPSA) is 29.0 Å². The minimum atomic E-state index is 0.636. The maximum Gasteiger partial charge on any atom is 0.234 e. The van der Waals surface area contributed by atoms with Crippen LogP contribution in [0.5, 0.6) is 0 Å². The van der Waals surface area contributed by atoms with Gasteiger partial charge in [0, 0.05) is 23.8 Å². The van der Waals surface area contributed by atoms with Crippen molar-refractivity contribution in [3.63, 3.8) is 0 Å². The summed E-state index contributed by atoms with van der Waals surface area (Å²) in [6.45, 7) is 0. The number of nitrogens with zero attached hydrogens (tertiary/aromatic N) is 3. The maximum absolute atomic E-state index is 4.60. The Bertz CT molecular complexity index is 2360. The fourth-order valence-electron chi connectivity index (χ4n) is 7.20. The Morgan fingerprint density at radius 1 is 0.435 bits per heavy atom. The molecule has 3 nitrogen and oxygen atoms in total. The van der Waals surface area contributed by atoms with Gasteiger partial charge in [0.2, 0.25) is 5.95 Å². The Kier molecular flexibility index (Phi) is 6.07. The van der Waals surface area contributed by atoms with Crippen molar-refractivity contribution in [1.82, 2.24) is 9.97 Å². The molecule has 8 aromatic rings. The standard InChI is InChI=1S/C42H28BN3/c43-30-21-17-28(18-22-30)38-33-13-4-5-14-34(33)39(41-36-16-7-10-27-9-6-15-35(37(27)36)40(38)41)29-19-23-32(24-20-29)46(31-11-2-1-3-12-31)42-44-25-8-26-45-42/h1-26H,43H2. The molecule has 0 radical (unpaired) electrons. The van der Waals surface area contributed by atoms with E-state index in [1.807, 2.05) is 24.3 Å². The summed E-state index contributed by atoms with van der Waals surface area (Å²) < 4.78 is 0. The summed E-state index contributed by atoms with van der Waals surface area (Å²) in [6.07, 6.45) is 3.58. The van der Waals surface area contributed by atoms with Gasteiger partial charge in [0.15, 0.2) is 0 Å². The average molecular weight is 586 g/mol. The first-order valence-electron chi connectivity index (χ1n) is 15.7. The lowest BCUT2D eigenvalue weighted by Crippen LogP contribution is -2.12. The Morgan fingerprint density at radius 2 is 0.957 bits per heavy atom. The Labute approximate surface area is 268 Å². The van der Waals surface area contributed by atoms with Crippen LogP contribution >= 0.6 is 0 Å². The Morgan fingerprint density at radius 3 is 1.54 bits per heavy atom. The number of hydrogen-bond donors (Lipinski definition) is 0. The van der Waals surface area contributed by atoms with Crippen LogP contribution in [0.1, 0.15) is 0 Å². The van der Waals surface area contributed by atoms with Gasteiger partial charge in [-0.2, -0.15) is 0 Å². The van der Waals surface area contributed by atoms with E-state index in [0.717, 1.165) is 11.4 Å². The molecule has 1 heterocycles. The minimum absolute atomic E-state index is 0.636.